The van der Waals surface area contributed by atoms with Crippen molar-refractivity contribution in [2.45, 2.75) is 155 Å². The van der Waals surface area contributed by atoms with Crippen molar-refractivity contribution in [2.75, 3.05) is 26.2 Å². The highest BCUT2D eigenvalue weighted by molar-refractivity contribution is 5.71. The van der Waals surface area contributed by atoms with Crippen LogP contribution in [-0.2, 0) is 38.1 Å². The summed E-state index contributed by atoms with van der Waals surface area (Å²) < 4.78 is 24.2. The van der Waals surface area contributed by atoms with Crippen LogP contribution >= 0.6 is 0 Å². The molecule has 0 aliphatic heterocycles. The fourth-order valence-corrected chi connectivity index (χ4v) is 9.70. The molecule has 0 aromatic rings. The zero-order valence-electron chi connectivity index (χ0n) is 31.5. The summed E-state index contributed by atoms with van der Waals surface area (Å²) in [5.74, 6) is -0.0627. The van der Waals surface area contributed by atoms with Crippen molar-refractivity contribution in [1.29, 1.82) is 0 Å². The summed E-state index contributed by atoms with van der Waals surface area (Å²) in [6.45, 7) is 10.1. The Bertz CT molecular complexity index is 1070. The second-order valence-corrected chi connectivity index (χ2v) is 15.7. The molecule has 0 aromatic carbocycles. The number of carbonyl (C=O) groups is 4. The highest BCUT2D eigenvalue weighted by atomic mass is 16.6. The van der Waals surface area contributed by atoms with Crippen LogP contribution in [0.5, 0.6) is 0 Å². The number of carbonyl (C=O) groups excluding carboxylic acids is 4. The minimum absolute atomic E-state index is 0.0720. The maximum absolute atomic E-state index is 13.1. The summed E-state index contributed by atoms with van der Waals surface area (Å²) in [4.78, 5) is 51.4. The van der Waals surface area contributed by atoms with Gasteiger partial charge in [-0.1, -0.05) is 47.0 Å². The molecule has 0 bridgehead atoms. The zero-order valence-corrected chi connectivity index (χ0v) is 31.5. The van der Waals surface area contributed by atoms with Crippen molar-refractivity contribution in [1.82, 2.24) is 0 Å². The van der Waals surface area contributed by atoms with E-state index in [0.717, 1.165) is 57.8 Å². The van der Waals surface area contributed by atoms with Crippen molar-refractivity contribution < 1.29 is 38.1 Å². The zero-order chi connectivity index (χ0) is 36.7. The van der Waals surface area contributed by atoms with Gasteiger partial charge in [-0.15, -0.1) is 0 Å². The van der Waals surface area contributed by atoms with E-state index in [1.807, 2.05) is 0 Å². The van der Waals surface area contributed by atoms with Crippen LogP contribution in [0, 0.1) is 40.9 Å². The van der Waals surface area contributed by atoms with E-state index in [2.05, 4.69) is 27.7 Å². The van der Waals surface area contributed by atoms with Crippen LogP contribution in [0.4, 0.5) is 0 Å². The summed E-state index contributed by atoms with van der Waals surface area (Å²) in [5.41, 5.74) is 16.8. The van der Waals surface area contributed by atoms with Crippen LogP contribution in [0.1, 0.15) is 137 Å². The molecule has 11 nitrogen and oxygen atoms in total. The molecule has 288 valence electrons. The van der Waals surface area contributed by atoms with Gasteiger partial charge in [0.25, 0.3) is 0 Å². The molecule has 3 rings (SSSR count). The molecule has 10 atom stereocenters. The van der Waals surface area contributed by atoms with Gasteiger partial charge in [0.15, 0.2) is 0 Å². The number of nitrogens with two attached hydrogens (primary N) is 3. The molecule has 3 aliphatic carbocycles. The Hall–Kier alpha value is -2.24. The van der Waals surface area contributed by atoms with Crippen molar-refractivity contribution in [3.63, 3.8) is 0 Å². The standard InChI is InChI=1S/C39H69N3O8/c1-5-6-7-8-24-47-34(43)17-13-27(3)30-15-16-31-38-29(25-33(39(30,31)4)50-37(46)20-23-42)26(2)12-14-28(48-35(44)18-21-40)10-9-11-32(38)49-36(45)19-22-41/h26-33,38H,5-25,40-42H2,1-4H3. The third-order valence-corrected chi connectivity index (χ3v) is 12.3. The van der Waals surface area contributed by atoms with E-state index in [-0.39, 0.29) is 122 Å². The molecule has 0 saturated heterocycles. The number of hydrogen-bond acceptors (Lipinski definition) is 11. The second-order valence-electron chi connectivity index (χ2n) is 15.7. The smallest absolute Gasteiger partial charge is 0.307 e. The van der Waals surface area contributed by atoms with Crippen molar-refractivity contribution in [3.8, 4) is 0 Å². The van der Waals surface area contributed by atoms with Crippen molar-refractivity contribution in [3.05, 3.63) is 0 Å². The molecule has 6 N–H and O–H groups in total. The van der Waals surface area contributed by atoms with Crippen LogP contribution in [-0.4, -0.2) is 68.4 Å². The van der Waals surface area contributed by atoms with Gasteiger partial charge in [-0.2, -0.15) is 0 Å². The quantitative estimate of drug-likeness (QED) is 0.0919. The van der Waals surface area contributed by atoms with Crippen LogP contribution in [0.15, 0.2) is 0 Å². The van der Waals surface area contributed by atoms with E-state index < -0.39 is 0 Å². The lowest BCUT2D eigenvalue weighted by molar-refractivity contribution is -0.191. The average Bonchev–Trinajstić information content (AvgIpc) is 3.43. The molecule has 3 fully saturated rings. The molecule has 3 saturated carbocycles. The SMILES string of the molecule is CCCCCCOC(=O)CCC(C)C1CCC2C3C(OC(=O)CCN)CCCC(OC(=O)CCN)CCC(C)C3CC(OC(=O)CCN)C12C. The topological polar surface area (TPSA) is 183 Å². The lowest BCUT2D eigenvalue weighted by Crippen LogP contribution is -2.57. The first-order chi connectivity index (χ1) is 24.0. The lowest BCUT2D eigenvalue weighted by Gasteiger charge is -2.56. The number of rotatable bonds is 18. The Labute approximate surface area is 301 Å². The van der Waals surface area contributed by atoms with Crippen molar-refractivity contribution in [2.24, 2.45) is 58.1 Å². The molecule has 0 radical (unpaired) electrons. The van der Waals surface area contributed by atoms with Gasteiger partial charge in [-0.25, -0.2) is 0 Å². The Morgan fingerprint density at radius 2 is 1.42 bits per heavy atom. The maximum Gasteiger partial charge on any atom is 0.307 e. The normalized spacial score (nSPS) is 31.8. The molecule has 0 aromatic heterocycles. The molecule has 10 unspecified atom stereocenters. The fraction of sp³-hybridized carbons (Fsp3) is 0.897. The third-order valence-electron chi connectivity index (χ3n) is 12.3. The number of ether oxygens (including phenoxy) is 4. The fourth-order valence-electron chi connectivity index (χ4n) is 9.70. The lowest BCUT2D eigenvalue weighted by atomic mass is 9.51. The Morgan fingerprint density at radius 1 is 0.760 bits per heavy atom. The van der Waals surface area contributed by atoms with Gasteiger partial charge in [0.05, 0.1) is 25.9 Å². The Morgan fingerprint density at radius 3 is 2.08 bits per heavy atom. The van der Waals surface area contributed by atoms with Gasteiger partial charge in [0, 0.05) is 37.4 Å². The monoisotopic (exact) mass is 708 g/mol. The second kappa shape index (κ2) is 21.3. The van der Waals surface area contributed by atoms with E-state index in [1.165, 1.54) is 0 Å². The molecule has 50 heavy (non-hydrogen) atoms. The molecule has 3 aliphatic rings. The highest BCUT2D eigenvalue weighted by Gasteiger charge is 2.63. The van der Waals surface area contributed by atoms with Gasteiger partial charge in [-0.05, 0) is 93.8 Å². The molecule has 0 heterocycles. The molecule has 0 spiro atoms. The highest BCUT2D eigenvalue weighted by Crippen LogP contribution is 2.64. The first-order valence-corrected chi connectivity index (χ1v) is 19.8. The molecular formula is C39H69N3O8. The number of fused-ring (bicyclic) bond motifs is 3. The average molecular weight is 708 g/mol. The van der Waals surface area contributed by atoms with E-state index >= 15 is 0 Å². The first-order valence-electron chi connectivity index (χ1n) is 19.8. The summed E-state index contributed by atoms with van der Waals surface area (Å²) in [6.07, 6.45) is 11.1. The Kier molecular flexibility index (Phi) is 18.0. The van der Waals surface area contributed by atoms with Crippen LogP contribution in [0.3, 0.4) is 0 Å². The van der Waals surface area contributed by atoms with Crippen LogP contribution < -0.4 is 17.2 Å². The van der Waals surface area contributed by atoms with Gasteiger partial charge < -0.3 is 36.1 Å². The van der Waals surface area contributed by atoms with Crippen molar-refractivity contribution >= 4 is 23.9 Å². The predicted molar refractivity (Wildman–Crippen MR) is 192 cm³/mol. The first kappa shape index (κ1) is 42.2. The van der Waals surface area contributed by atoms with Gasteiger partial charge in [0.2, 0.25) is 0 Å². The van der Waals surface area contributed by atoms with E-state index in [1.54, 1.807) is 0 Å². The molecular weight excluding hydrogens is 638 g/mol. The van der Waals surface area contributed by atoms with Crippen LogP contribution in [0.25, 0.3) is 0 Å². The Balaban J connectivity index is 1.91. The van der Waals surface area contributed by atoms with Crippen LogP contribution in [0.2, 0.25) is 0 Å². The number of hydrogen-bond donors (Lipinski definition) is 3. The summed E-state index contributed by atoms with van der Waals surface area (Å²) in [7, 11) is 0. The summed E-state index contributed by atoms with van der Waals surface area (Å²) in [5, 5.41) is 0. The summed E-state index contributed by atoms with van der Waals surface area (Å²) >= 11 is 0. The molecule has 11 heteroatoms. The summed E-state index contributed by atoms with van der Waals surface area (Å²) in [6, 6.07) is 0. The van der Waals surface area contributed by atoms with E-state index in [0.29, 0.717) is 38.7 Å². The number of unbranched alkanes of at least 4 members (excludes halogenated alkanes) is 3. The third kappa shape index (κ3) is 11.6. The van der Waals surface area contributed by atoms with E-state index in [9.17, 15) is 19.2 Å². The van der Waals surface area contributed by atoms with Gasteiger partial charge >= 0.3 is 23.9 Å². The van der Waals surface area contributed by atoms with Gasteiger partial charge in [-0.3, -0.25) is 19.2 Å². The molecule has 0 amide bonds. The largest absolute Gasteiger partial charge is 0.466 e. The van der Waals surface area contributed by atoms with Gasteiger partial charge in [0.1, 0.15) is 18.3 Å². The van der Waals surface area contributed by atoms with E-state index in [4.69, 9.17) is 36.1 Å². The maximum atomic E-state index is 13.1. The minimum Gasteiger partial charge on any atom is -0.466 e. The predicted octanol–water partition coefficient (Wildman–Crippen LogP) is 5.58. The minimum atomic E-state index is -0.377. The number of esters is 4.